The van der Waals surface area contributed by atoms with Crippen LogP contribution in [0.15, 0.2) is 18.2 Å². The van der Waals surface area contributed by atoms with Crippen LogP contribution in [0.5, 0.6) is 11.5 Å². The molecule has 0 spiro atoms. The van der Waals surface area contributed by atoms with Gasteiger partial charge in [-0.05, 0) is 38.0 Å². The summed E-state index contributed by atoms with van der Waals surface area (Å²) in [6.07, 6.45) is 3.65. The summed E-state index contributed by atoms with van der Waals surface area (Å²) in [5.74, 6) is 1.48. The number of aromatic nitrogens is 1. The van der Waals surface area contributed by atoms with E-state index in [0.29, 0.717) is 0 Å². The highest BCUT2D eigenvalue weighted by Gasteiger charge is 2.20. The summed E-state index contributed by atoms with van der Waals surface area (Å²) in [4.78, 5) is 6.05. The monoisotopic (exact) mass is 318 g/mol. The lowest BCUT2D eigenvalue weighted by Gasteiger charge is -2.08. The zero-order valence-corrected chi connectivity index (χ0v) is 14.1. The molecule has 0 radical (unpaired) electrons. The van der Waals surface area contributed by atoms with E-state index in [9.17, 15) is 0 Å². The average molecular weight is 318 g/mol. The van der Waals surface area contributed by atoms with Gasteiger partial charge in [0, 0.05) is 29.4 Å². The zero-order chi connectivity index (χ0) is 15.5. The molecule has 1 N–H and O–H groups in total. The van der Waals surface area contributed by atoms with Gasteiger partial charge in [0.15, 0.2) is 11.5 Å². The van der Waals surface area contributed by atoms with Gasteiger partial charge in [-0.15, -0.1) is 11.3 Å². The smallest absolute Gasteiger partial charge is 0.161 e. The Morgan fingerprint density at radius 2 is 2.00 bits per heavy atom. The van der Waals surface area contributed by atoms with Gasteiger partial charge in [-0.25, -0.2) is 4.98 Å². The van der Waals surface area contributed by atoms with Crippen LogP contribution >= 0.6 is 11.3 Å². The van der Waals surface area contributed by atoms with Crippen LogP contribution in [0, 0.1) is 6.92 Å². The number of nitrogens with zero attached hydrogens (tertiary/aromatic N) is 1. The second kappa shape index (κ2) is 6.67. The number of rotatable bonds is 7. The minimum atomic E-state index is 0.740. The molecule has 1 aliphatic carbocycles. The normalized spacial score (nSPS) is 14.1. The lowest BCUT2D eigenvalue weighted by Crippen LogP contribution is -2.19. The summed E-state index contributed by atoms with van der Waals surface area (Å²) in [6.45, 7) is 3.14. The topological polar surface area (TPSA) is 43.4 Å². The van der Waals surface area contributed by atoms with Gasteiger partial charge in [0.25, 0.3) is 0 Å². The lowest BCUT2D eigenvalue weighted by molar-refractivity contribution is 0.355. The van der Waals surface area contributed by atoms with Crippen LogP contribution in [0.4, 0.5) is 0 Å². The molecule has 5 heteroatoms. The molecule has 118 valence electrons. The molecule has 0 atom stereocenters. The van der Waals surface area contributed by atoms with E-state index >= 15 is 0 Å². The molecule has 1 aromatic carbocycles. The maximum atomic E-state index is 5.38. The first kappa shape index (κ1) is 15.3. The Bertz CT molecular complexity index is 650. The molecule has 22 heavy (non-hydrogen) atoms. The van der Waals surface area contributed by atoms with Gasteiger partial charge >= 0.3 is 0 Å². The van der Waals surface area contributed by atoms with E-state index in [1.54, 1.807) is 25.6 Å². The van der Waals surface area contributed by atoms with Crippen molar-refractivity contribution in [3.8, 4) is 22.8 Å². The number of methoxy groups -OCH3 is 2. The molecular formula is C17H22N2O2S. The highest BCUT2D eigenvalue weighted by molar-refractivity contribution is 7.12. The predicted molar refractivity (Wildman–Crippen MR) is 90.1 cm³/mol. The fourth-order valence-corrected chi connectivity index (χ4v) is 3.43. The molecule has 0 saturated heterocycles. The van der Waals surface area contributed by atoms with E-state index in [2.05, 4.69) is 12.2 Å². The Morgan fingerprint density at radius 3 is 2.68 bits per heavy atom. The van der Waals surface area contributed by atoms with E-state index in [1.165, 1.54) is 22.7 Å². The van der Waals surface area contributed by atoms with E-state index < -0.39 is 0 Å². The zero-order valence-electron chi connectivity index (χ0n) is 13.3. The van der Waals surface area contributed by atoms with Crippen LogP contribution in [-0.2, 0) is 6.42 Å². The standard InChI is InChI=1S/C17H22N2O2S/c1-11-17(12-4-7-14(20-2)15(10-12)21-3)19-16(22-11)8-9-18-13-5-6-13/h4,7,10,13,18H,5-6,8-9H2,1-3H3. The quantitative estimate of drug-likeness (QED) is 0.849. The summed E-state index contributed by atoms with van der Waals surface area (Å²) in [7, 11) is 3.31. The van der Waals surface area contributed by atoms with Crippen molar-refractivity contribution in [1.82, 2.24) is 10.3 Å². The Morgan fingerprint density at radius 1 is 1.23 bits per heavy atom. The molecule has 1 heterocycles. The lowest BCUT2D eigenvalue weighted by atomic mass is 10.1. The van der Waals surface area contributed by atoms with E-state index in [1.807, 2.05) is 18.2 Å². The number of ether oxygens (including phenoxy) is 2. The molecule has 1 aromatic heterocycles. The summed E-state index contributed by atoms with van der Waals surface area (Å²) >= 11 is 1.78. The van der Waals surface area contributed by atoms with Crippen molar-refractivity contribution in [1.29, 1.82) is 0 Å². The molecular weight excluding hydrogens is 296 g/mol. The highest BCUT2D eigenvalue weighted by Crippen LogP contribution is 2.34. The predicted octanol–water partition coefficient (Wildman–Crippen LogP) is 3.43. The first-order valence-electron chi connectivity index (χ1n) is 7.63. The molecule has 1 fully saturated rings. The SMILES string of the molecule is COc1ccc(-c2nc(CCNC3CC3)sc2C)cc1OC. The van der Waals surface area contributed by atoms with Gasteiger partial charge in [0.1, 0.15) is 0 Å². The Kier molecular flexibility index (Phi) is 4.64. The number of hydrogen-bond acceptors (Lipinski definition) is 5. The maximum Gasteiger partial charge on any atom is 0.161 e. The van der Waals surface area contributed by atoms with Crippen LogP contribution in [0.1, 0.15) is 22.7 Å². The van der Waals surface area contributed by atoms with Crippen molar-refractivity contribution in [2.45, 2.75) is 32.2 Å². The largest absolute Gasteiger partial charge is 0.493 e. The number of hydrogen-bond donors (Lipinski definition) is 1. The van der Waals surface area contributed by atoms with Crippen molar-refractivity contribution >= 4 is 11.3 Å². The number of benzene rings is 1. The van der Waals surface area contributed by atoms with Gasteiger partial charge in [-0.3, -0.25) is 0 Å². The van der Waals surface area contributed by atoms with Crippen LogP contribution in [0.2, 0.25) is 0 Å². The summed E-state index contributed by atoms with van der Waals surface area (Å²) in [6, 6.07) is 6.72. The summed E-state index contributed by atoms with van der Waals surface area (Å²) < 4.78 is 10.7. The Balaban J connectivity index is 1.76. The molecule has 0 bridgehead atoms. The molecule has 3 rings (SSSR count). The van der Waals surface area contributed by atoms with Crippen LogP contribution < -0.4 is 14.8 Å². The van der Waals surface area contributed by atoms with E-state index in [0.717, 1.165) is 41.8 Å². The fourth-order valence-electron chi connectivity index (χ4n) is 2.48. The Hall–Kier alpha value is -1.59. The molecule has 0 aliphatic heterocycles. The highest BCUT2D eigenvalue weighted by atomic mass is 32.1. The van der Waals surface area contributed by atoms with Crippen molar-refractivity contribution in [2.24, 2.45) is 0 Å². The minimum absolute atomic E-state index is 0.740. The van der Waals surface area contributed by atoms with Crippen LogP contribution in [0.25, 0.3) is 11.3 Å². The molecule has 4 nitrogen and oxygen atoms in total. The Labute approximate surface area is 135 Å². The fraction of sp³-hybridized carbons (Fsp3) is 0.471. The van der Waals surface area contributed by atoms with Gasteiger partial charge in [-0.1, -0.05) is 0 Å². The second-order valence-corrected chi connectivity index (χ2v) is 6.85. The van der Waals surface area contributed by atoms with Gasteiger partial charge in [0.2, 0.25) is 0 Å². The molecule has 1 saturated carbocycles. The summed E-state index contributed by atoms with van der Waals surface area (Å²) in [5, 5.41) is 4.73. The first-order chi connectivity index (χ1) is 10.7. The molecule has 0 unspecified atom stereocenters. The number of nitrogens with one attached hydrogen (secondary N) is 1. The van der Waals surface area contributed by atoms with Crippen molar-refractivity contribution < 1.29 is 9.47 Å². The molecule has 0 amide bonds. The number of thiazole rings is 1. The second-order valence-electron chi connectivity index (χ2n) is 5.56. The van der Waals surface area contributed by atoms with E-state index in [4.69, 9.17) is 14.5 Å². The van der Waals surface area contributed by atoms with E-state index in [-0.39, 0.29) is 0 Å². The minimum Gasteiger partial charge on any atom is -0.493 e. The summed E-state index contributed by atoms with van der Waals surface area (Å²) in [5.41, 5.74) is 2.13. The van der Waals surface area contributed by atoms with Crippen LogP contribution in [0.3, 0.4) is 0 Å². The maximum absolute atomic E-state index is 5.38. The molecule has 2 aromatic rings. The van der Waals surface area contributed by atoms with Gasteiger partial charge in [0.05, 0.1) is 24.9 Å². The van der Waals surface area contributed by atoms with Gasteiger partial charge < -0.3 is 14.8 Å². The average Bonchev–Trinajstić information content (AvgIpc) is 3.28. The van der Waals surface area contributed by atoms with Crippen molar-refractivity contribution in [3.05, 3.63) is 28.1 Å². The third kappa shape index (κ3) is 3.42. The van der Waals surface area contributed by atoms with Gasteiger partial charge in [-0.2, -0.15) is 0 Å². The third-order valence-electron chi connectivity index (χ3n) is 3.85. The third-order valence-corrected chi connectivity index (χ3v) is 4.88. The number of aryl methyl sites for hydroxylation is 1. The first-order valence-corrected chi connectivity index (χ1v) is 8.45. The van der Waals surface area contributed by atoms with Crippen LogP contribution in [-0.4, -0.2) is 31.8 Å². The van der Waals surface area contributed by atoms with Crippen molar-refractivity contribution in [2.75, 3.05) is 20.8 Å². The molecule has 1 aliphatic rings. The van der Waals surface area contributed by atoms with Crippen molar-refractivity contribution in [3.63, 3.8) is 0 Å².